The number of halogens is 1. The van der Waals surface area contributed by atoms with Crippen LogP contribution in [0.1, 0.15) is 36.0 Å². The number of hydrogen-bond acceptors (Lipinski definition) is 4. The van der Waals surface area contributed by atoms with Crippen molar-refractivity contribution in [3.05, 3.63) is 22.7 Å². The Bertz CT molecular complexity index is 603. The van der Waals surface area contributed by atoms with Gasteiger partial charge in [-0.3, -0.25) is 4.79 Å². The Morgan fingerprint density at radius 2 is 2.10 bits per heavy atom. The molecule has 0 atom stereocenters. The number of hydrogen-bond donors (Lipinski definition) is 1. The monoisotopic (exact) mass is 292 g/mol. The van der Waals surface area contributed by atoms with Crippen LogP contribution in [0.15, 0.2) is 12.1 Å². The first-order valence-corrected chi connectivity index (χ1v) is 6.84. The first kappa shape index (κ1) is 13.1. The lowest BCUT2D eigenvalue weighted by atomic mass is 9.99. The van der Waals surface area contributed by atoms with Gasteiger partial charge < -0.3 is 14.8 Å². The third-order valence-corrected chi connectivity index (χ3v) is 3.99. The minimum absolute atomic E-state index is 0.0995. The molecule has 1 aromatic carbocycles. The van der Waals surface area contributed by atoms with E-state index in [0.29, 0.717) is 34.9 Å². The SMILES string of the molecule is N#CC1(NC(=O)c2cc(Cl)c3c(c2)OCO3)CCCC1. The molecule has 1 heterocycles. The molecule has 0 radical (unpaired) electrons. The standard InChI is InChI=1S/C14H13ClN2O3/c15-10-5-9(6-11-12(10)20-8-19-11)13(18)17-14(7-16)3-1-2-4-14/h5-6H,1-4,8H2,(H,17,18). The van der Waals surface area contributed by atoms with Gasteiger partial charge >= 0.3 is 0 Å². The summed E-state index contributed by atoms with van der Waals surface area (Å²) in [5.74, 6) is 0.604. The maximum atomic E-state index is 12.3. The molecule has 5 nitrogen and oxygen atoms in total. The Hall–Kier alpha value is -1.93. The van der Waals surface area contributed by atoms with E-state index in [-0.39, 0.29) is 12.7 Å². The second kappa shape index (κ2) is 4.88. The van der Waals surface area contributed by atoms with Crippen LogP contribution in [0.5, 0.6) is 11.5 Å². The Labute approximate surface area is 121 Å². The van der Waals surface area contributed by atoms with Crippen molar-refractivity contribution >= 4 is 17.5 Å². The summed E-state index contributed by atoms with van der Waals surface area (Å²) in [5, 5.41) is 12.4. The molecule has 1 aliphatic heterocycles. The van der Waals surface area contributed by atoms with Crippen LogP contribution in [0, 0.1) is 11.3 Å². The fraction of sp³-hybridized carbons (Fsp3) is 0.429. The molecule has 0 aromatic heterocycles. The summed E-state index contributed by atoms with van der Waals surface area (Å²) < 4.78 is 10.4. The molecule has 1 fully saturated rings. The highest BCUT2D eigenvalue weighted by atomic mass is 35.5. The Morgan fingerprint density at radius 3 is 2.80 bits per heavy atom. The van der Waals surface area contributed by atoms with E-state index in [1.54, 1.807) is 6.07 Å². The van der Waals surface area contributed by atoms with Crippen molar-refractivity contribution in [2.24, 2.45) is 0 Å². The summed E-state index contributed by atoms with van der Waals surface area (Å²) in [4.78, 5) is 12.3. The van der Waals surface area contributed by atoms with Crippen LogP contribution >= 0.6 is 11.6 Å². The van der Waals surface area contributed by atoms with E-state index in [1.807, 2.05) is 0 Å². The zero-order valence-corrected chi connectivity index (χ0v) is 11.5. The topological polar surface area (TPSA) is 71.4 Å². The third kappa shape index (κ3) is 2.16. The minimum Gasteiger partial charge on any atom is -0.454 e. The number of rotatable bonds is 2. The van der Waals surface area contributed by atoms with Crippen LogP contribution in [-0.2, 0) is 0 Å². The molecule has 1 N–H and O–H groups in total. The van der Waals surface area contributed by atoms with E-state index in [2.05, 4.69) is 11.4 Å². The van der Waals surface area contributed by atoms with Crippen molar-refractivity contribution < 1.29 is 14.3 Å². The van der Waals surface area contributed by atoms with Crippen LogP contribution in [0.25, 0.3) is 0 Å². The molecule has 104 valence electrons. The molecule has 2 aliphatic rings. The molecule has 6 heteroatoms. The number of benzene rings is 1. The molecule has 1 amide bonds. The minimum atomic E-state index is -0.750. The van der Waals surface area contributed by atoms with Gasteiger partial charge in [-0.25, -0.2) is 0 Å². The number of carbonyl (C=O) groups is 1. The van der Waals surface area contributed by atoms with Gasteiger partial charge in [0.2, 0.25) is 6.79 Å². The van der Waals surface area contributed by atoms with Gasteiger partial charge in [-0.15, -0.1) is 0 Å². The molecule has 1 aliphatic carbocycles. The summed E-state index contributed by atoms with van der Waals surface area (Å²) in [6, 6.07) is 5.34. The molecular weight excluding hydrogens is 280 g/mol. The first-order valence-electron chi connectivity index (χ1n) is 6.46. The van der Waals surface area contributed by atoms with Gasteiger partial charge in [0, 0.05) is 5.56 Å². The quantitative estimate of drug-likeness (QED) is 0.909. The second-order valence-electron chi connectivity index (χ2n) is 5.05. The van der Waals surface area contributed by atoms with E-state index < -0.39 is 5.54 Å². The molecule has 0 spiro atoms. The van der Waals surface area contributed by atoms with Gasteiger partial charge in [-0.2, -0.15) is 5.26 Å². The van der Waals surface area contributed by atoms with E-state index >= 15 is 0 Å². The zero-order valence-electron chi connectivity index (χ0n) is 10.7. The fourth-order valence-corrected chi connectivity index (χ4v) is 2.90. The molecule has 0 unspecified atom stereocenters. The maximum absolute atomic E-state index is 12.3. The van der Waals surface area contributed by atoms with Crippen LogP contribution in [0.4, 0.5) is 0 Å². The van der Waals surface area contributed by atoms with Crippen molar-refractivity contribution in [2.75, 3.05) is 6.79 Å². The molecular formula is C14H13ClN2O3. The van der Waals surface area contributed by atoms with Crippen LogP contribution in [0.3, 0.4) is 0 Å². The summed E-state index contributed by atoms with van der Waals surface area (Å²) in [6.07, 6.45) is 3.28. The fourth-order valence-electron chi connectivity index (χ4n) is 2.63. The van der Waals surface area contributed by atoms with E-state index in [1.165, 1.54) is 6.07 Å². The zero-order chi connectivity index (χ0) is 14.2. The first-order chi connectivity index (χ1) is 9.63. The molecule has 20 heavy (non-hydrogen) atoms. The highest BCUT2D eigenvalue weighted by molar-refractivity contribution is 6.32. The van der Waals surface area contributed by atoms with Crippen LogP contribution < -0.4 is 14.8 Å². The third-order valence-electron chi connectivity index (χ3n) is 3.71. The molecule has 0 bridgehead atoms. The lowest BCUT2D eigenvalue weighted by Crippen LogP contribution is -2.45. The Balaban J connectivity index is 1.85. The number of fused-ring (bicyclic) bond motifs is 1. The lowest BCUT2D eigenvalue weighted by molar-refractivity contribution is 0.0920. The predicted molar refractivity (Wildman–Crippen MR) is 71.9 cm³/mol. The smallest absolute Gasteiger partial charge is 0.252 e. The maximum Gasteiger partial charge on any atom is 0.252 e. The second-order valence-corrected chi connectivity index (χ2v) is 5.45. The van der Waals surface area contributed by atoms with Gasteiger partial charge in [-0.1, -0.05) is 11.6 Å². The van der Waals surface area contributed by atoms with Crippen LogP contribution in [0.2, 0.25) is 5.02 Å². The number of nitriles is 1. The van der Waals surface area contributed by atoms with Crippen molar-refractivity contribution in [1.29, 1.82) is 5.26 Å². The van der Waals surface area contributed by atoms with Gasteiger partial charge in [0.05, 0.1) is 11.1 Å². The van der Waals surface area contributed by atoms with Gasteiger partial charge in [-0.05, 0) is 37.8 Å². The molecule has 0 saturated heterocycles. The Morgan fingerprint density at radius 1 is 1.35 bits per heavy atom. The van der Waals surface area contributed by atoms with E-state index in [9.17, 15) is 10.1 Å². The van der Waals surface area contributed by atoms with Crippen molar-refractivity contribution in [3.8, 4) is 17.6 Å². The van der Waals surface area contributed by atoms with E-state index in [0.717, 1.165) is 12.8 Å². The molecule has 3 rings (SSSR count). The summed E-state index contributed by atoms with van der Waals surface area (Å²) in [6.45, 7) is 0.0995. The average molecular weight is 293 g/mol. The van der Waals surface area contributed by atoms with Gasteiger partial charge in [0.25, 0.3) is 5.91 Å². The molecule has 1 aromatic rings. The number of nitrogens with one attached hydrogen (secondary N) is 1. The Kier molecular flexibility index (Phi) is 3.19. The summed E-state index contributed by atoms with van der Waals surface area (Å²) in [5.41, 5.74) is -0.374. The normalized spacial score (nSPS) is 18.6. The predicted octanol–water partition coefficient (Wildman–Crippen LogP) is 2.63. The van der Waals surface area contributed by atoms with Crippen molar-refractivity contribution in [1.82, 2.24) is 5.32 Å². The van der Waals surface area contributed by atoms with E-state index in [4.69, 9.17) is 21.1 Å². The number of ether oxygens (including phenoxy) is 2. The summed E-state index contributed by atoms with van der Waals surface area (Å²) in [7, 11) is 0. The molecule has 1 saturated carbocycles. The highest BCUT2D eigenvalue weighted by Gasteiger charge is 2.36. The largest absolute Gasteiger partial charge is 0.454 e. The highest BCUT2D eigenvalue weighted by Crippen LogP contribution is 2.40. The van der Waals surface area contributed by atoms with Crippen LogP contribution in [-0.4, -0.2) is 18.2 Å². The lowest BCUT2D eigenvalue weighted by Gasteiger charge is -2.22. The number of carbonyl (C=O) groups excluding carboxylic acids is 1. The van der Waals surface area contributed by atoms with Crippen molar-refractivity contribution in [2.45, 2.75) is 31.2 Å². The number of amides is 1. The average Bonchev–Trinajstić information content (AvgIpc) is 3.08. The van der Waals surface area contributed by atoms with Gasteiger partial charge in [0.1, 0.15) is 5.54 Å². The number of nitrogens with zero attached hydrogens (tertiary/aromatic N) is 1. The summed E-state index contributed by atoms with van der Waals surface area (Å²) >= 11 is 6.05. The van der Waals surface area contributed by atoms with Crippen molar-refractivity contribution in [3.63, 3.8) is 0 Å². The van der Waals surface area contributed by atoms with Gasteiger partial charge in [0.15, 0.2) is 11.5 Å².